The Bertz CT molecular complexity index is 1950. The zero-order valence-electron chi connectivity index (χ0n) is 22.2. The van der Waals surface area contributed by atoms with Gasteiger partial charge in [0.1, 0.15) is 0 Å². The summed E-state index contributed by atoms with van der Waals surface area (Å²) in [4.78, 5) is 12.3. The molecule has 0 aliphatic rings. The number of carbonyl (C=O) groups is 1. The van der Waals surface area contributed by atoms with Gasteiger partial charge in [0.2, 0.25) is 0 Å². The van der Waals surface area contributed by atoms with Crippen LogP contribution in [0.1, 0.15) is 41.0 Å². The number of hydrogen-bond donors (Lipinski definition) is 1. The first-order chi connectivity index (χ1) is 19.6. The van der Waals surface area contributed by atoms with Gasteiger partial charge >= 0.3 is 5.97 Å². The summed E-state index contributed by atoms with van der Waals surface area (Å²) in [6, 6.07) is 47.0. The molecule has 0 aliphatic carbocycles. The maximum atomic E-state index is 12.3. The summed E-state index contributed by atoms with van der Waals surface area (Å²) in [6.07, 6.45) is 0. The third kappa shape index (κ3) is 3.84. The lowest BCUT2D eigenvalue weighted by molar-refractivity contribution is -0.138. The molecule has 7 aromatic carbocycles. The van der Waals surface area contributed by atoms with Gasteiger partial charge in [0.05, 0.1) is 5.92 Å². The molecule has 0 saturated heterocycles. The molecular weight excluding hydrogens is 488 g/mol. The van der Waals surface area contributed by atoms with Gasteiger partial charge in [-0.3, -0.25) is 4.79 Å². The standard InChI is InChI=1S/C38H28O2/c1-24(38(39)40)27-14-6-11-21-34(27)37(35-22-25-12-2-4-15-28(25)30-17-7-9-19-32(30)35)36-23-26-13-3-5-16-29(26)31-18-8-10-20-33(31)36/h2-24,37H,1H3,(H,39,40). The fourth-order valence-electron chi connectivity index (χ4n) is 6.45. The number of rotatable bonds is 5. The molecule has 0 bridgehead atoms. The highest BCUT2D eigenvalue weighted by Crippen LogP contribution is 2.45. The maximum absolute atomic E-state index is 12.3. The van der Waals surface area contributed by atoms with Gasteiger partial charge in [0.25, 0.3) is 0 Å². The first-order valence-corrected chi connectivity index (χ1v) is 13.7. The summed E-state index contributed by atoms with van der Waals surface area (Å²) in [6.45, 7) is 1.79. The third-order valence-corrected chi connectivity index (χ3v) is 8.37. The number of carboxylic acids is 1. The summed E-state index contributed by atoms with van der Waals surface area (Å²) in [7, 11) is 0. The SMILES string of the molecule is CC(C(=O)O)c1ccccc1C(c1cc2ccccc2c2ccccc12)c1cc2ccccc2c2ccccc12. The van der Waals surface area contributed by atoms with E-state index >= 15 is 0 Å². The average Bonchev–Trinajstić information content (AvgIpc) is 3.01. The molecule has 0 radical (unpaired) electrons. The van der Waals surface area contributed by atoms with Crippen LogP contribution in [0.3, 0.4) is 0 Å². The van der Waals surface area contributed by atoms with Crippen LogP contribution in [0.5, 0.6) is 0 Å². The van der Waals surface area contributed by atoms with E-state index in [1.54, 1.807) is 6.92 Å². The number of hydrogen-bond acceptors (Lipinski definition) is 1. The fourth-order valence-corrected chi connectivity index (χ4v) is 6.45. The van der Waals surface area contributed by atoms with Crippen molar-refractivity contribution < 1.29 is 9.90 Å². The van der Waals surface area contributed by atoms with Crippen LogP contribution in [-0.4, -0.2) is 11.1 Å². The average molecular weight is 517 g/mol. The van der Waals surface area contributed by atoms with Crippen LogP contribution in [0.4, 0.5) is 0 Å². The molecule has 7 aromatic rings. The smallest absolute Gasteiger partial charge is 0.310 e. The lowest BCUT2D eigenvalue weighted by Gasteiger charge is -2.27. The van der Waals surface area contributed by atoms with E-state index in [-0.39, 0.29) is 5.92 Å². The van der Waals surface area contributed by atoms with Gasteiger partial charge in [-0.1, -0.05) is 121 Å². The summed E-state index contributed by atoms with van der Waals surface area (Å²) < 4.78 is 0. The first-order valence-electron chi connectivity index (χ1n) is 13.7. The normalized spacial score (nSPS) is 12.4. The molecule has 1 atom stereocenters. The maximum Gasteiger partial charge on any atom is 0.310 e. The van der Waals surface area contributed by atoms with Crippen molar-refractivity contribution in [2.24, 2.45) is 0 Å². The first kappa shape index (κ1) is 24.1. The van der Waals surface area contributed by atoms with E-state index in [2.05, 4.69) is 115 Å². The number of fused-ring (bicyclic) bond motifs is 6. The van der Waals surface area contributed by atoms with E-state index in [0.717, 1.165) is 11.1 Å². The fraction of sp³-hybridized carbons (Fsp3) is 0.0789. The topological polar surface area (TPSA) is 37.3 Å². The van der Waals surface area contributed by atoms with Crippen molar-refractivity contribution in [3.8, 4) is 0 Å². The third-order valence-electron chi connectivity index (χ3n) is 8.37. The molecule has 1 unspecified atom stereocenters. The number of aliphatic carboxylic acids is 1. The lowest BCUT2D eigenvalue weighted by atomic mass is 9.76. The molecule has 0 amide bonds. The predicted molar refractivity (Wildman–Crippen MR) is 166 cm³/mol. The molecule has 2 heteroatoms. The van der Waals surface area contributed by atoms with Crippen molar-refractivity contribution >= 4 is 49.1 Å². The van der Waals surface area contributed by atoms with Crippen molar-refractivity contribution in [1.29, 1.82) is 0 Å². The van der Waals surface area contributed by atoms with E-state index in [1.807, 2.05) is 18.2 Å². The molecule has 0 spiro atoms. The van der Waals surface area contributed by atoms with Crippen LogP contribution in [0, 0.1) is 0 Å². The van der Waals surface area contributed by atoms with Gasteiger partial charge in [-0.2, -0.15) is 0 Å². The van der Waals surface area contributed by atoms with Crippen LogP contribution in [-0.2, 0) is 4.79 Å². The Balaban J connectivity index is 1.66. The molecule has 0 aliphatic heterocycles. The van der Waals surface area contributed by atoms with E-state index in [0.29, 0.717) is 0 Å². The zero-order valence-corrected chi connectivity index (χ0v) is 22.2. The van der Waals surface area contributed by atoms with Crippen molar-refractivity contribution in [1.82, 2.24) is 0 Å². The van der Waals surface area contributed by atoms with Crippen molar-refractivity contribution in [2.75, 3.05) is 0 Å². The highest BCUT2D eigenvalue weighted by Gasteiger charge is 2.28. The lowest BCUT2D eigenvalue weighted by Crippen LogP contribution is -2.14. The molecule has 0 saturated carbocycles. The van der Waals surface area contributed by atoms with Crippen LogP contribution >= 0.6 is 0 Å². The second kappa shape index (κ2) is 9.66. The summed E-state index contributed by atoms with van der Waals surface area (Å²) in [5.74, 6) is -1.64. The highest BCUT2D eigenvalue weighted by atomic mass is 16.4. The highest BCUT2D eigenvalue weighted by molar-refractivity contribution is 6.12. The Morgan fingerprint density at radius 1 is 0.475 bits per heavy atom. The zero-order chi connectivity index (χ0) is 27.2. The Morgan fingerprint density at radius 3 is 1.32 bits per heavy atom. The van der Waals surface area contributed by atoms with E-state index < -0.39 is 11.9 Å². The largest absolute Gasteiger partial charge is 0.481 e. The van der Waals surface area contributed by atoms with Gasteiger partial charge in [0.15, 0.2) is 0 Å². The quantitative estimate of drug-likeness (QED) is 0.183. The van der Waals surface area contributed by atoms with E-state index in [9.17, 15) is 9.90 Å². The van der Waals surface area contributed by atoms with Gasteiger partial charge in [0, 0.05) is 5.92 Å². The van der Waals surface area contributed by atoms with Crippen molar-refractivity contribution in [3.63, 3.8) is 0 Å². The Morgan fingerprint density at radius 2 is 0.850 bits per heavy atom. The van der Waals surface area contributed by atoms with Crippen LogP contribution in [0.2, 0.25) is 0 Å². The van der Waals surface area contributed by atoms with Crippen molar-refractivity contribution in [3.05, 3.63) is 156 Å². The minimum absolute atomic E-state index is 0.179. The molecule has 2 nitrogen and oxygen atoms in total. The Kier molecular flexibility index (Phi) is 5.82. The van der Waals surface area contributed by atoms with Crippen LogP contribution < -0.4 is 0 Å². The van der Waals surface area contributed by atoms with Gasteiger partial charge in [-0.05, 0) is 84.4 Å². The molecule has 0 fully saturated rings. The summed E-state index contributed by atoms with van der Waals surface area (Å²) in [5.41, 5.74) is 4.23. The molecular formula is C38H28O2. The number of carboxylic acid groups (broad SMARTS) is 1. The summed E-state index contributed by atoms with van der Waals surface area (Å²) >= 11 is 0. The monoisotopic (exact) mass is 516 g/mol. The predicted octanol–water partition coefficient (Wildman–Crippen LogP) is 9.67. The molecule has 192 valence electrons. The summed E-state index contributed by atoms with van der Waals surface area (Å²) in [5, 5.41) is 19.7. The Labute approximate surface area is 233 Å². The van der Waals surface area contributed by atoms with Crippen molar-refractivity contribution in [2.45, 2.75) is 18.8 Å². The van der Waals surface area contributed by atoms with Crippen LogP contribution in [0.25, 0.3) is 43.1 Å². The van der Waals surface area contributed by atoms with Gasteiger partial charge in [-0.15, -0.1) is 0 Å². The Hall–Kier alpha value is -4.95. The molecule has 40 heavy (non-hydrogen) atoms. The minimum Gasteiger partial charge on any atom is -0.481 e. The van der Waals surface area contributed by atoms with Gasteiger partial charge in [-0.25, -0.2) is 0 Å². The molecule has 0 aromatic heterocycles. The molecule has 0 heterocycles. The minimum atomic E-state index is -0.821. The van der Waals surface area contributed by atoms with Gasteiger partial charge < -0.3 is 5.11 Å². The number of benzene rings is 7. The second-order valence-electron chi connectivity index (χ2n) is 10.6. The van der Waals surface area contributed by atoms with E-state index in [1.165, 1.54) is 54.2 Å². The second-order valence-corrected chi connectivity index (χ2v) is 10.6. The molecule has 7 rings (SSSR count). The van der Waals surface area contributed by atoms with Crippen LogP contribution in [0.15, 0.2) is 133 Å². The van der Waals surface area contributed by atoms with E-state index in [4.69, 9.17) is 0 Å². The molecule has 1 N–H and O–H groups in total.